The molecule has 0 radical (unpaired) electrons. The Morgan fingerprint density at radius 1 is 1.29 bits per heavy atom. The van der Waals surface area contributed by atoms with Crippen LogP contribution in [0.15, 0.2) is 0 Å². The summed E-state index contributed by atoms with van der Waals surface area (Å²) in [4.78, 5) is 12.0. The Kier molecular flexibility index (Phi) is 4.69. The van der Waals surface area contributed by atoms with E-state index in [1.54, 1.807) is 0 Å². The second-order valence-corrected chi connectivity index (χ2v) is 5.63. The van der Waals surface area contributed by atoms with Gasteiger partial charge in [0.05, 0.1) is 18.1 Å². The predicted octanol–water partition coefficient (Wildman–Crippen LogP) is 2.61. The molecule has 0 aromatic rings. The molecule has 0 aromatic carbocycles. The highest BCUT2D eigenvalue weighted by Gasteiger charge is 2.33. The molecule has 1 saturated carbocycles. The molecule has 1 aliphatic heterocycles. The zero-order chi connectivity index (χ0) is 12.1. The van der Waals surface area contributed by atoms with Crippen LogP contribution in [0.5, 0.6) is 0 Å². The van der Waals surface area contributed by atoms with Crippen LogP contribution in [0.3, 0.4) is 0 Å². The number of hydrogen-bond donors (Lipinski definition) is 1. The fraction of sp³-hybridized carbons (Fsp3) is 0.923. The van der Waals surface area contributed by atoms with Crippen LogP contribution in [0.25, 0.3) is 0 Å². The number of alkyl halides is 1. The molecule has 4 heteroatoms. The fourth-order valence-corrected chi connectivity index (χ4v) is 3.21. The maximum absolute atomic E-state index is 12.0. The Morgan fingerprint density at radius 2 is 2.06 bits per heavy atom. The second kappa shape index (κ2) is 6.05. The maximum atomic E-state index is 12.0. The summed E-state index contributed by atoms with van der Waals surface area (Å²) >= 11 is 6.05. The lowest BCUT2D eigenvalue weighted by molar-refractivity contribution is -0.125. The molecule has 2 fully saturated rings. The van der Waals surface area contributed by atoms with Gasteiger partial charge in [-0.25, -0.2) is 0 Å². The van der Waals surface area contributed by atoms with Crippen LogP contribution < -0.4 is 5.32 Å². The molecule has 3 nitrogen and oxygen atoms in total. The minimum absolute atomic E-state index is 0.111. The van der Waals surface area contributed by atoms with E-state index in [1.807, 2.05) is 0 Å². The average molecular weight is 260 g/mol. The molecule has 1 N–H and O–H groups in total. The van der Waals surface area contributed by atoms with Crippen molar-refractivity contribution in [2.45, 2.75) is 63.0 Å². The van der Waals surface area contributed by atoms with E-state index in [0.717, 1.165) is 32.3 Å². The molecule has 1 aliphatic carbocycles. The summed E-state index contributed by atoms with van der Waals surface area (Å²) < 4.78 is 5.49. The van der Waals surface area contributed by atoms with Gasteiger partial charge in [0.25, 0.3) is 0 Å². The predicted molar refractivity (Wildman–Crippen MR) is 68.3 cm³/mol. The summed E-state index contributed by atoms with van der Waals surface area (Å²) in [5.41, 5.74) is -0.143. The van der Waals surface area contributed by atoms with Gasteiger partial charge in [-0.3, -0.25) is 4.79 Å². The number of carbonyl (C=O) groups excluding carboxylic acids is 1. The Hall–Kier alpha value is -0.280. The molecule has 98 valence electrons. The van der Waals surface area contributed by atoms with Crippen molar-refractivity contribution in [2.24, 2.45) is 0 Å². The molecule has 0 bridgehead atoms. The van der Waals surface area contributed by atoms with Gasteiger partial charge in [-0.1, -0.05) is 19.3 Å². The van der Waals surface area contributed by atoms with E-state index in [4.69, 9.17) is 16.3 Å². The highest BCUT2D eigenvalue weighted by molar-refractivity contribution is 6.18. The van der Waals surface area contributed by atoms with Crippen molar-refractivity contribution in [3.8, 4) is 0 Å². The van der Waals surface area contributed by atoms with Gasteiger partial charge in [-0.15, -0.1) is 11.6 Å². The Bertz CT molecular complexity index is 258. The zero-order valence-corrected chi connectivity index (χ0v) is 11.1. The van der Waals surface area contributed by atoms with Gasteiger partial charge in [0.2, 0.25) is 5.91 Å². The number of carbonyl (C=O) groups is 1. The first kappa shape index (κ1) is 13.2. The Labute approximate surface area is 108 Å². The summed E-state index contributed by atoms with van der Waals surface area (Å²) in [6.45, 7) is 0.804. The van der Waals surface area contributed by atoms with Gasteiger partial charge in [0, 0.05) is 12.5 Å². The van der Waals surface area contributed by atoms with E-state index in [1.165, 1.54) is 19.3 Å². The van der Waals surface area contributed by atoms with Gasteiger partial charge in [0.15, 0.2) is 0 Å². The first-order chi connectivity index (χ1) is 8.24. The third-order valence-corrected chi connectivity index (χ3v) is 4.42. The van der Waals surface area contributed by atoms with Gasteiger partial charge < -0.3 is 10.1 Å². The monoisotopic (exact) mass is 259 g/mol. The molecule has 2 aliphatic rings. The number of rotatable bonds is 4. The minimum atomic E-state index is -0.143. The van der Waals surface area contributed by atoms with Crippen LogP contribution in [0.2, 0.25) is 0 Å². The topological polar surface area (TPSA) is 38.3 Å². The number of ether oxygens (including phenoxy) is 1. The maximum Gasteiger partial charge on any atom is 0.223 e. The highest BCUT2D eigenvalue weighted by Crippen LogP contribution is 2.29. The van der Waals surface area contributed by atoms with Crippen LogP contribution in [0, 0.1) is 0 Å². The summed E-state index contributed by atoms with van der Waals surface area (Å²) in [6, 6.07) is 0. The smallest absolute Gasteiger partial charge is 0.223 e. The van der Waals surface area contributed by atoms with Crippen LogP contribution in [-0.4, -0.2) is 30.0 Å². The Balaban J connectivity index is 1.82. The molecule has 1 heterocycles. The van der Waals surface area contributed by atoms with E-state index in [9.17, 15) is 4.79 Å². The quantitative estimate of drug-likeness (QED) is 0.789. The molecule has 1 saturated heterocycles. The molecular weight excluding hydrogens is 238 g/mol. The van der Waals surface area contributed by atoms with Gasteiger partial charge in [-0.2, -0.15) is 0 Å². The number of amides is 1. The van der Waals surface area contributed by atoms with E-state index >= 15 is 0 Å². The van der Waals surface area contributed by atoms with Crippen molar-refractivity contribution in [2.75, 3.05) is 12.5 Å². The van der Waals surface area contributed by atoms with Gasteiger partial charge in [-0.05, 0) is 25.7 Å². The molecule has 0 aromatic heterocycles. The van der Waals surface area contributed by atoms with Crippen LogP contribution >= 0.6 is 11.6 Å². The third-order valence-electron chi connectivity index (χ3n) is 3.91. The summed E-state index contributed by atoms with van der Waals surface area (Å²) in [6.07, 6.45) is 8.38. The SMILES string of the molecule is O=C(CC1CCCO1)NC1(CCl)CCCCC1. The van der Waals surface area contributed by atoms with Crippen LogP contribution in [0.4, 0.5) is 0 Å². The van der Waals surface area contributed by atoms with Crippen molar-refractivity contribution >= 4 is 17.5 Å². The van der Waals surface area contributed by atoms with Gasteiger partial charge >= 0.3 is 0 Å². The van der Waals surface area contributed by atoms with E-state index in [2.05, 4.69) is 5.32 Å². The lowest BCUT2D eigenvalue weighted by atomic mass is 9.83. The standard InChI is InChI=1S/C13H22ClNO2/c14-10-13(6-2-1-3-7-13)15-12(16)9-11-5-4-8-17-11/h11H,1-10H2,(H,15,16). The lowest BCUT2D eigenvalue weighted by Gasteiger charge is -2.36. The molecule has 0 spiro atoms. The van der Waals surface area contributed by atoms with Gasteiger partial charge in [0.1, 0.15) is 0 Å². The number of nitrogens with one attached hydrogen (secondary N) is 1. The summed E-state index contributed by atoms with van der Waals surface area (Å²) in [5.74, 6) is 0.643. The fourth-order valence-electron chi connectivity index (χ4n) is 2.88. The lowest BCUT2D eigenvalue weighted by Crippen LogP contribution is -2.51. The van der Waals surface area contributed by atoms with Crippen molar-refractivity contribution in [3.05, 3.63) is 0 Å². The average Bonchev–Trinajstić information content (AvgIpc) is 2.83. The zero-order valence-electron chi connectivity index (χ0n) is 10.3. The molecule has 2 rings (SSSR count). The normalized spacial score (nSPS) is 27.9. The van der Waals surface area contributed by atoms with E-state index < -0.39 is 0 Å². The molecule has 17 heavy (non-hydrogen) atoms. The third kappa shape index (κ3) is 3.59. The van der Waals surface area contributed by atoms with E-state index in [0.29, 0.717) is 12.3 Å². The summed E-state index contributed by atoms with van der Waals surface area (Å²) in [5, 5.41) is 3.16. The van der Waals surface area contributed by atoms with E-state index in [-0.39, 0.29) is 17.6 Å². The minimum Gasteiger partial charge on any atom is -0.378 e. The van der Waals surface area contributed by atoms with Crippen molar-refractivity contribution in [1.29, 1.82) is 0 Å². The van der Waals surface area contributed by atoms with Crippen molar-refractivity contribution in [3.63, 3.8) is 0 Å². The molecule has 1 amide bonds. The first-order valence-electron chi connectivity index (χ1n) is 6.73. The van der Waals surface area contributed by atoms with Crippen molar-refractivity contribution in [1.82, 2.24) is 5.32 Å². The highest BCUT2D eigenvalue weighted by atomic mass is 35.5. The number of hydrogen-bond acceptors (Lipinski definition) is 2. The number of halogens is 1. The molecular formula is C13H22ClNO2. The summed E-state index contributed by atoms with van der Waals surface area (Å²) in [7, 11) is 0. The Morgan fingerprint density at radius 3 is 2.65 bits per heavy atom. The molecule has 1 atom stereocenters. The largest absolute Gasteiger partial charge is 0.378 e. The van der Waals surface area contributed by atoms with Crippen LogP contribution in [0.1, 0.15) is 51.4 Å². The second-order valence-electron chi connectivity index (χ2n) is 5.36. The first-order valence-corrected chi connectivity index (χ1v) is 7.26. The molecule has 1 unspecified atom stereocenters. The van der Waals surface area contributed by atoms with Crippen molar-refractivity contribution < 1.29 is 9.53 Å². The van der Waals surface area contributed by atoms with Crippen LogP contribution in [-0.2, 0) is 9.53 Å².